The molecule has 3 atom stereocenters. The lowest BCUT2D eigenvalue weighted by Crippen LogP contribution is -2.43. The van der Waals surface area contributed by atoms with E-state index in [4.69, 9.17) is 5.73 Å². The van der Waals surface area contributed by atoms with Crippen molar-refractivity contribution in [3.05, 3.63) is 12.2 Å². The molecule has 3 fully saturated rings. The van der Waals surface area contributed by atoms with Crippen molar-refractivity contribution in [2.45, 2.75) is 45.2 Å². The zero-order chi connectivity index (χ0) is 22.2. The van der Waals surface area contributed by atoms with Gasteiger partial charge in [0.1, 0.15) is 0 Å². The van der Waals surface area contributed by atoms with Gasteiger partial charge in [-0.15, -0.1) is 0 Å². The lowest BCUT2D eigenvalue weighted by Gasteiger charge is -2.30. The maximum atomic E-state index is 12.9. The summed E-state index contributed by atoms with van der Waals surface area (Å²) in [4.78, 5) is 40.8. The number of nitrogens with two attached hydrogens (primary N) is 1. The molecule has 2 N–H and O–H groups in total. The number of carbonyl (C=O) groups excluding carboxylic acids is 3. The van der Waals surface area contributed by atoms with Crippen LogP contribution in [-0.2, 0) is 24.4 Å². The van der Waals surface area contributed by atoms with Crippen LogP contribution in [0.2, 0.25) is 0 Å². The molecule has 0 aromatic rings. The second-order valence-electron chi connectivity index (χ2n) is 8.92. The number of nitrogens with zero attached hydrogens (tertiary/aromatic N) is 3. The summed E-state index contributed by atoms with van der Waals surface area (Å²) in [6.07, 6.45) is 6.30. The van der Waals surface area contributed by atoms with Crippen molar-refractivity contribution >= 4 is 27.7 Å². The van der Waals surface area contributed by atoms with Crippen LogP contribution in [0.1, 0.15) is 33.1 Å². The van der Waals surface area contributed by atoms with Crippen LogP contribution in [0.5, 0.6) is 0 Å². The van der Waals surface area contributed by atoms with Crippen molar-refractivity contribution in [2.24, 2.45) is 23.5 Å². The van der Waals surface area contributed by atoms with Gasteiger partial charge in [-0.25, -0.2) is 12.7 Å². The number of carbonyl (C=O) groups is 3. The van der Waals surface area contributed by atoms with E-state index in [0.717, 1.165) is 36.5 Å². The molecule has 10 heteroatoms. The van der Waals surface area contributed by atoms with E-state index in [-0.39, 0.29) is 23.7 Å². The molecule has 3 aliphatic rings. The van der Waals surface area contributed by atoms with E-state index in [9.17, 15) is 22.8 Å². The number of fused-ring (bicyclic) bond motifs is 1. The van der Waals surface area contributed by atoms with Gasteiger partial charge in [-0.2, -0.15) is 0 Å². The maximum Gasteiger partial charge on any atom is 0.246 e. The molecule has 0 spiro atoms. The Morgan fingerprint density at radius 2 is 1.80 bits per heavy atom. The van der Waals surface area contributed by atoms with Crippen LogP contribution in [0.4, 0.5) is 0 Å². The molecule has 3 rings (SSSR count). The van der Waals surface area contributed by atoms with E-state index in [1.54, 1.807) is 11.0 Å². The van der Waals surface area contributed by atoms with Crippen molar-refractivity contribution in [1.82, 2.24) is 14.1 Å². The van der Waals surface area contributed by atoms with Gasteiger partial charge in [0.05, 0.1) is 24.3 Å². The molecule has 0 bridgehead atoms. The van der Waals surface area contributed by atoms with Crippen LogP contribution in [0.3, 0.4) is 0 Å². The third-order valence-electron chi connectivity index (χ3n) is 6.56. The lowest BCUT2D eigenvalue weighted by molar-refractivity contribution is -0.131. The second-order valence-corrected chi connectivity index (χ2v) is 10.8. The molecule has 0 aromatic heterocycles. The first kappa shape index (κ1) is 22.7. The minimum atomic E-state index is -3.68. The number of primary amides is 1. The van der Waals surface area contributed by atoms with Gasteiger partial charge in [-0.3, -0.25) is 19.3 Å². The van der Waals surface area contributed by atoms with Gasteiger partial charge in [0.15, 0.2) is 0 Å². The Morgan fingerprint density at radius 3 is 2.33 bits per heavy atom. The largest absolute Gasteiger partial charge is 0.369 e. The summed E-state index contributed by atoms with van der Waals surface area (Å²) in [6, 6.07) is -0.902. The summed E-state index contributed by atoms with van der Waals surface area (Å²) in [5, 5.41) is 0. The van der Waals surface area contributed by atoms with Crippen LogP contribution in [0.25, 0.3) is 0 Å². The van der Waals surface area contributed by atoms with Crippen LogP contribution >= 0.6 is 0 Å². The molecule has 0 radical (unpaired) electrons. The highest BCUT2D eigenvalue weighted by Crippen LogP contribution is 2.41. The molecule has 3 aliphatic heterocycles. The van der Waals surface area contributed by atoms with Gasteiger partial charge in [0, 0.05) is 25.1 Å². The van der Waals surface area contributed by atoms with Gasteiger partial charge in [0.25, 0.3) is 0 Å². The minimum absolute atomic E-state index is 0.0688. The van der Waals surface area contributed by atoms with Crippen molar-refractivity contribution < 1.29 is 22.8 Å². The van der Waals surface area contributed by atoms with Gasteiger partial charge in [0.2, 0.25) is 27.7 Å². The van der Waals surface area contributed by atoms with Crippen molar-refractivity contribution in [1.29, 1.82) is 0 Å². The minimum Gasteiger partial charge on any atom is -0.369 e. The fourth-order valence-corrected chi connectivity index (χ4v) is 6.26. The number of rotatable bonds is 6. The molecule has 0 saturated carbocycles. The highest BCUT2D eigenvalue weighted by molar-refractivity contribution is 7.88. The molecule has 168 valence electrons. The predicted molar refractivity (Wildman–Crippen MR) is 111 cm³/mol. The van der Waals surface area contributed by atoms with Gasteiger partial charge < -0.3 is 10.6 Å². The molecular weight excluding hydrogens is 408 g/mol. The van der Waals surface area contributed by atoms with Crippen molar-refractivity contribution in [3.8, 4) is 0 Å². The summed E-state index contributed by atoms with van der Waals surface area (Å²) >= 11 is 0. The molecule has 9 nitrogen and oxygen atoms in total. The number of likely N-dealkylation sites (tertiary alicyclic amines) is 2. The molecule has 0 aliphatic carbocycles. The van der Waals surface area contributed by atoms with E-state index in [1.807, 2.05) is 13.8 Å². The van der Waals surface area contributed by atoms with E-state index < -0.39 is 33.9 Å². The quantitative estimate of drug-likeness (QED) is 0.570. The normalized spacial score (nSPS) is 28.7. The summed E-state index contributed by atoms with van der Waals surface area (Å²) in [5.41, 5.74) is 5.36. The number of hydrogen-bond donors (Lipinski definition) is 1. The van der Waals surface area contributed by atoms with E-state index in [1.165, 1.54) is 6.08 Å². The molecule has 30 heavy (non-hydrogen) atoms. The first-order chi connectivity index (χ1) is 14.0. The number of piperidine rings is 1. The Kier molecular flexibility index (Phi) is 6.57. The standard InChI is InChI=1S/C20H32N4O5S/c1-13(2)17-18-15(24(20(17)27)30(3,28)29)8-12-23(18)16(25)5-4-9-22-10-6-14(7-11-22)19(21)26/h4-5,13-15,17-18H,6-12H2,1-3H3,(H2,21,26)/t15-,17+,18-/m0/s1. The highest BCUT2D eigenvalue weighted by Gasteiger charge is 2.58. The zero-order valence-corrected chi connectivity index (χ0v) is 18.7. The third-order valence-corrected chi connectivity index (χ3v) is 7.73. The average molecular weight is 441 g/mol. The first-order valence-corrected chi connectivity index (χ1v) is 12.4. The number of sulfonamides is 1. The van der Waals surface area contributed by atoms with Gasteiger partial charge in [-0.05, 0) is 38.3 Å². The molecule has 3 saturated heterocycles. The Balaban J connectivity index is 1.65. The average Bonchev–Trinajstić information content (AvgIpc) is 3.17. The lowest BCUT2D eigenvalue weighted by atomic mass is 9.88. The van der Waals surface area contributed by atoms with Gasteiger partial charge >= 0.3 is 0 Å². The maximum absolute atomic E-state index is 12.9. The Hall–Kier alpha value is -1.94. The first-order valence-electron chi connectivity index (χ1n) is 10.5. The van der Waals surface area contributed by atoms with Crippen molar-refractivity contribution in [3.63, 3.8) is 0 Å². The van der Waals surface area contributed by atoms with Crippen LogP contribution in [-0.4, -0.2) is 84.8 Å². The summed E-state index contributed by atoms with van der Waals surface area (Å²) in [5.74, 6) is -1.50. The molecule has 0 unspecified atom stereocenters. The summed E-state index contributed by atoms with van der Waals surface area (Å²) in [6.45, 7) is 6.32. The molecule has 3 heterocycles. The zero-order valence-electron chi connectivity index (χ0n) is 17.9. The Labute approximate surface area is 178 Å². The monoisotopic (exact) mass is 440 g/mol. The van der Waals surface area contributed by atoms with E-state index in [2.05, 4.69) is 4.90 Å². The molecule has 3 amide bonds. The van der Waals surface area contributed by atoms with Gasteiger partial charge in [-0.1, -0.05) is 19.9 Å². The third kappa shape index (κ3) is 4.39. The molecular formula is C20H32N4O5S. The van der Waals surface area contributed by atoms with E-state index >= 15 is 0 Å². The molecule has 0 aromatic carbocycles. The Morgan fingerprint density at radius 1 is 1.17 bits per heavy atom. The number of hydrogen-bond acceptors (Lipinski definition) is 6. The Bertz CT molecular complexity index is 832. The smallest absolute Gasteiger partial charge is 0.246 e. The van der Waals surface area contributed by atoms with E-state index in [0.29, 0.717) is 19.5 Å². The van der Waals surface area contributed by atoms with Crippen LogP contribution in [0.15, 0.2) is 12.2 Å². The SMILES string of the molecule is CC(C)[C@H]1C(=O)N(S(C)(=O)=O)[C@H]2CCN(C(=O)C=CCN3CCC(C(N)=O)CC3)[C@H]12. The summed E-state index contributed by atoms with van der Waals surface area (Å²) in [7, 11) is -3.68. The fraction of sp³-hybridized carbons (Fsp3) is 0.750. The number of amides is 3. The van der Waals surface area contributed by atoms with Crippen LogP contribution in [0, 0.1) is 17.8 Å². The van der Waals surface area contributed by atoms with Crippen LogP contribution < -0.4 is 5.73 Å². The second kappa shape index (κ2) is 8.66. The highest BCUT2D eigenvalue weighted by atomic mass is 32.2. The van der Waals surface area contributed by atoms with Crippen molar-refractivity contribution in [2.75, 3.05) is 32.4 Å². The topological polar surface area (TPSA) is 121 Å². The fourth-order valence-electron chi connectivity index (χ4n) is 5.09. The predicted octanol–water partition coefficient (Wildman–Crippen LogP) is -0.217. The summed E-state index contributed by atoms with van der Waals surface area (Å²) < 4.78 is 25.4.